The molecule has 0 saturated carbocycles. The number of aliphatic hydroxyl groups excluding tert-OH is 1. The van der Waals surface area contributed by atoms with E-state index >= 15 is 4.39 Å². The van der Waals surface area contributed by atoms with Gasteiger partial charge in [-0.05, 0) is 43.3 Å². The van der Waals surface area contributed by atoms with Gasteiger partial charge in [-0.15, -0.1) is 0 Å². The van der Waals surface area contributed by atoms with Gasteiger partial charge in [0.25, 0.3) is 11.5 Å². The molecule has 46 heavy (non-hydrogen) atoms. The first-order chi connectivity index (χ1) is 22.3. The maximum atomic E-state index is 15.3. The number of β-amino-alcohol motifs (C(OH)–C–C–N with tert-alkyl or cyclic N) is 1. The van der Waals surface area contributed by atoms with Crippen LogP contribution in [-0.2, 0) is 11.3 Å². The van der Waals surface area contributed by atoms with E-state index in [1.165, 1.54) is 10.8 Å². The van der Waals surface area contributed by atoms with Crippen LogP contribution < -0.4 is 20.3 Å². The predicted molar refractivity (Wildman–Crippen MR) is 170 cm³/mol. The maximum absolute atomic E-state index is 15.3. The zero-order valence-electron chi connectivity index (χ0n) is 25.7. The highest BCUT2D eigenvalue weighted by atomic mass is 19.1. The lowest BCUT2D eigenvalue weighted by Crippen LogP contribution is -2.42. The summed E-state index contributed by atoms with van der Waals surface area (Å²) in [7, 11) is 1.57. The van der Waals surface area contributed by atoms with Crippen LogP contribution >= 0.6 is 0 Å². The molecule has 1 fully saturated rings. The van der Waals surface area contributed by atoms with Crippen molar-refractivity contribution in [2.24, 2.45) is 0 Å². The van der Waals surface area contributed by atoms with Crippen molar-refractivity contribution in [2.75, 3.05) is 40.0 Å². The summed E-state index contributed by atoms with van der Waals surface area (Å²) in [6, 6.07) is 15.2. The third-order valence-corrected chi connectivity index (χ3v) is 8.17. The van der Waals surface area contributed by atoms with Gasteiger partial charge in [0.15, 0.2) is 5.76 Å². The van der Waals surface area contributed by atoms with Gasteiger partial charge in [-0.1, -0.05) is 24.3 Å². The number of carbonyl (C=O) groups excluding carboxylic acids is 1. The second kappa shape index (κ2) is 13.7. The number of morpholine rings is 1. The van der Waals surface area contributed by atoms with Crippen LogP contribution in [0.5, 0.6) is 11.5 Å². The monoisotopic (exact) mass is 629 g/mol. The SMILES string of the molecule is COc1ccc2c(OC3=C(F)CC(NC(=O)c4c(C)n(C[C@H](O)CN5CCOCC5)n(-c5ccccc5)c4=O)C=C3)ccnc2c1. The van der Waals surface area contributed by atoms with Gasteiger partial charge in [0.05, 0.1) is 55.9 Å². The molecular formula is C34H36FN5O6. The number of ether oxygens (including phenoxy) is 3. The molecule has 2 aromatic carbocycles. The van der Waals surface area contributed by atoms with Crippen LogP contribution in [0.25, 0.3) is 16.6 Å². The van der Waals surface area contributed by atoms with E-state index < -0.39 is 29.4 Å². The number of amides is 1. The minimum atomic E-state index is -0.798. The first kappa shape index (κ1) is 31.2. The van der Waals surface area contributed by atoms with Gasteiger partial charge in [0.2, 0.25) is 0 Å². The Kier molecular flexibility index (Phi) is 9.29. The van der Waals surface area contributed by atoms with E-state index in [2.05, 4.69) is 15.2 Å². The molecule has 2 aliphatic rings. The molecule has 2 aromatic heterocycles. The van der Waals surface area contributed by atoms with Gasteiger partial charge < -0.3 is 24.6 Å². The van der Waals surface area contributed by atoms with Gasteiger partial charge in [-0.25, -0.2) is 9.07 Å². The Morgan fingerprint density at radius 1 is 1.15 bits per heavy atom. The summed E-state index contributed by atoms with van der Waals surface area (Å²) in [5.74, 6) is -0.0806. The number of hydrogen-bond acceptors (Lipinski definition) is 8. The molecule has 240 valence electrons. The van der Waals surface area contributed by atoms with E-state index in [1.54, 1.807) is 79.5 Å². The van der Waals surface area contributed by atoms with Crippen molar-refractivity contribution >= 4 is 16.8 Å². The number of allylic oxidation sites excluding steroid dienone is 1. The van der Waals surface area contributed by atoms with Crippen molar-refractivity contribution in [2.45, 2.75) is 32.0 Å². The van der Waals surface area contributed by atoms with Gasteiger partial charge >= 0.3 is 0 Å². The fraction of sp³-hybridized carbons (Fsp3) is 0.324. The van der Waals surface area contributed by atoms with Crippen LogP contribution in [0.4, 0.5) is 4.39 Å². The Balaban J connectivity index is 1.20. The number of nitrogens with one attached hydrogen (secondary N) is 1. The molecule has 0 radical (unpaired) electrons. The Morgan fingerprint density at radius 2 is 1.93 bits per heavy atom. The number of aromatic nitrogens is 3. The molecule has 1 aliphatic carbocycles. The maximum Gasteiger partial charge on any atom is 0.284 e. The molecule has 3 heterocycles. The summed E-state index contributed by atoms with van der Waals surface area (Å²) in [5, 5.41) is 14.5. The van der Waals surface area contributed by atoms with E-state index in [0.717, 1.165) is 0 Å². The zero-order chi connectivity index (χ0) is 32.2. The summed E-state index contributed by atoms with van der Waals surface area (Å²) >= 11 is 0. The second-order valence-corrected chi connectivity index (χ2v) is 11.3. The van der Waals surface area contributed by atoms with E-state index in [-0.39, 0.29) is 24.3 Å². The number of hydrogen-bond donors (Lipinski definition) is 2. The minimum Gasteiger partial charge on any atom is -0.497 e. The number of pyridine rings is 1. The molecule has 2 atom stereocenters. The molecule has 6 rings (SSSR count). The lowest BCUT2D eigenvalue weighted by atomic mass is 10.1. The van der Waals surface area contributed by atoms with E-state index in [9.17, 15) is 14.7 Å². The van der Waals surface area contributed by atoms with Crippen molar-refractivity contribution in [3.63, 3.8) is 0 Å². The van der Waals surface area contributed by atoms with Crippen molar-refractivity contribution in [1.29, 1.82) is 0 Å². The number of fused-ring (bicyclic) bond motifs is 1. The fourth-order valence-corrected chi connectivity index (χ4v) is 5.82. The number of halogens is 1. The largest absolute Gasteiger partial charge is 0.497 e. The fourth-order valence-electron chi connectivity index (χ4n) is 5.82. The summed E-state index contributed by atoms with van der Waals surface area (Å²) < 4.78 is 35.0. The molecule has 0 spiro atoms. The first-order valence-electron chi connectivity index (χ1n) is 15.2. The van der Waals surface area contributed by atoms with Crippen LogP contribution in [0.3, 0.4) is 0 Å². The summed E-state index contributed by atoms with van der Waals surface area (Å²) in [4.78, 5) is 33.8. The normalized spacial score (nSPS) is 17.7. The van der Waals surface area contributed by atoms with Gasteiger partial charge in [-0.3, -0.25) is 24.2 Å². The number of para-hydroxylation sites is 1. The molecule has 1 aliphatic heterocycles. The first-order valence-corrected chi connectivity index (χ1v) is 15.2. The smallest absolute Gasteiger partial charge is 0.284 e. The quantitative estimate of drug-likeness (QED) is 0.274. The Bertz CT molecular complexity index is 1840. The molecule has 1 saturated heterocycles. The standard InChI is InChI=1S/C34H36FN5O6/c1-22-32(34(43)40(24-6-4-3-5-7-24)39(22)21-25(41)20-38-14-16-45-17-15-38)33(42)37-23-8-11-31(28(35)18-23)46-30-12-13-36-29-19-26(44-2)9-10-27(29)30/h3-13,19,23,25,41H,14-18,20-21H2,1-2H3,(H,37,42)/t23?,25-/m1/s1. The van der Waals surface area contributed by atoms with Crippen LogP contribution in [0.1, 0.15) is 22.5 Å². The highest BCUT2D eigenvalue weighted by Crippen LogP contribution is 2.31. The van der Waals surface area contributed by atoms with Crippen molar-refractivity contribution in [3.05, 3.63) is 106 Å². The van der Waals surface area contributed by atoms with Crippen molar-refractivity contribution < 1.29 is 28.5 Å². The molecule has 2 N–H and O–H groups in total. The van der Waals surface area contributed by atoms with E-state index in [1.807, 2.05) is 6.07 Å². The zero-order valence-corrected chi connectivity index (χ0v) is 25.7. The third-order valence-electron chi connectivity index (χ3n) is 8.17. The molecule has 1 amide bonds. The Hall–Kier alpha value is -4.78. The average molecular weight is 630 g/mol. The number of aliphatic hydroxyl groups is 1. The Morgan fingerprint density at radius 3 is 2.67 bits per heavy atom. The van der Waals surface area contributed by atoms with Crippen LogP contribution in [0.2, 0.25) is 0 Å². The van der Waals surface area contributed by atoms with Crippen molar-refractivity contribution in [1.82, 2.24) is 24.6 Å². The predicted octanol–water partition coefficient (Wildman–Crippen LogP) is 3.52. The molecule has 12 heteroatoms. The number of methoxy groups -OCH3 is 1. The van der Waals surface area contributed by atoms with Crippen LogP contribution in [0.15, 0.2) is 89.3 Å². The highest BCUT2D eigenvalue weighted by Gasteiger charge is 2.28. The number of nitrogens with zero attached hydrogens (tertiary/aromatic N) is 4. The van der Waals surface area contributed by atoms with Gasteiger partial charge in [0, 0.05) is 43.7 Å². The highest BCUT2D eigenvalue weighted by molar-refractivity contribution is 5.95. The lowest BCUT2D eigenvalue weighted by molar-refractivity contribution is 0.0103. The summed E-state index contributed by atoms with van der Waals surface area (Å²) in [6.07, 6.45) is 3.73. The molecule has 4 aromatic rings. The third kappa shape index (κ3) is 6.59. The van der Waals surface area contributed by atoms with Crippen LogP contribution in [0, 0.1) is 6.92 Å². The lowest BCUT2D eigenvalue weighted by Gasteiger charge is -2.29. The van der Waals surface area contributed by atoms with E-state index in [4.69, 9.17) is 14.2 Å². The average Bonchev–Trinajstić information content (AvgIpc) is 3.31. The second-order valence-electron chi connectivity index (χ2n) is 11.3. The van der Waals surface area contributed by atoms with Gasteiger partial charge in [-0.2, -0.15) is 0 Å². The molecule has 1 unspecified atom stereocenters. The number of rotatable bonds is 10. The summed E-state index contributed by atoms with van der Waals surface area (Å²) in [5.41, 5.74) is 0.999. The minimum absolute atomic E-state index is 0.0249. The van der Waals surface area contributed by atoms with Crippen LogP contribution in [-0.4, -0.2) is 82.4 Å². The topological polar surface area (TPSA) is 120 Å². The van der Waals surface area contributed by atoms with E-state index in [0.29, 0.717) is 66.6 Å². The molecular weight excluding hydrogens is 593 g/mol. The van der Waals surface area contributed by atoms with Crippen molar-refractivity contribution in [3.8, 4) is 17.2 Å². The molecule has 0 bridgehead atoms. The number of carbonyl (C=O) groups is 1. The summed E-state index contributed by atoms with van der Waals surface area (Å²) in [6.45, 7) is 4.79. The molecule has 11 nitrogen and oxygen atoms in total. The Labute approximate surface area is 265 Å². The number of benzene rings is 2. The van der Waals surface area contributed by atoms with Gasteiger partial charge in [0.1, 0.15) is 22.9 Å².